The summed E-state index contributed by atoms with van der Waals surface area (Å²) in [4.78, 5) is 12.1. The molecule has 1 fully saturated rings. The van der Waals surface area contributed by atoms with Crippen LogP contribution in [0.2, 0.25) is 0 Å². The number of aromatic amines is 2. The van der Waals surface area contributed by atoms with Crippen LogP contribution in [0.3, 0.4) is 0 Å². The summed E-state index contributed by atoms with van der Waals surface area (Å²) >= 11 is 0. The molecule has 4 heterocycles. The molecule has 6 nitrogen and oxygen atoms in total. The Hall–Kier alpha value is -2.73. The Morgan fingerprint density at radius 1 is 1.32 bits per heavy atom. The normalized spacial score (nSPS) is 17.5. The molecule has 4 rings (SSSR count). The van der Waals surface area contributed by atoms with Crippen LogP contribution in [0, 0.1) is 5.92 Å². The van der Waals surface area contributed by atoms with Crippen molar-refractivity contribution < 1.29 is 0 Å². The van der Waals surface area contributed by atoms with E-state index >= 15 is 0 Å². The van der Waals surface area contributed by atoms with E-state index in [0.717, 1.165) is 64.6 Å². The molecule has 1 aliphatic rings. The number of allylic oxidation sites excluding steroid dienone is 1. The van der Waals surface area contributed by atoms with Crippen molar-refractivity contribution >= 4 is 23.2 Å². The van der Waals surface area contributed by atoms with Crippen LogP contribution < -0.4 is 15.9 Å². The first kappa shape index (κ1) is 15.8. The fourth-order valence-corrected chi connectivity index (χ4v) is 3.38. The number of nitrogens with one attached hydrogen (secondary N) is 3. The van der Waals surface area contributed by atoms with Crippen LogP contribution in [-0.2, 0) is 0 Å². The number of fused-ring (bicyclic) bond motifs is 1. The number of rotatable bonds is 3. The van der Waals surface area contributed by atoms with Gasteiger partial charge in [0.2, 0.25) is 0 Å². The third kappa shape index (κ3) is 3.00. The Balaban J connectivity index is 1.80. The highest BCUT2D eigenvalue weighted by Gasteiger charge is 2.16. The summed E-state index contributed by atoms with van der Waals surface area (Å²) in [6.45, 7) is 8.44. The molecule has 0 unspecified atom stereocenters. The van der Waals surface area contributed by atoms with Crippen LogP contribution >= 0.6 is 0 Å². The first-order valence-corrected chi connectivity index (χ1v) is 8.68. The average Bonchev–Trinajstić information content (AvgIpc) is 3.25. The van der Waals surface area contributed by atoms with Crippen LogP contribution in [0.5, 0.6) is 0 Å². The van der Waals surface area contributed by atoms with Crippen molar-refractivity contribution in [2.24, 2.45) is 5.92 Å². The zero-order valence-corrected chi connectivity index (χ0v) is 14.3. The van der Waals surface area contributed by atoms with E-state index in [-0.39, 0.29) is 0 Å². The maximum Gasteiger partial charge on any atom is 0.159 e. The maximum absolute atomic E-state index is 4.66. The average molecular weight is 334 g/mol. The third-order valence-electron chi connectivity index (χ3n) is 4.82. The predicted molar refractivity (Wildman–Crippen MR) is 100 cm³/mol. The van der Waals surface area contributed by atoms with Crippen LogP contribution in [0.1, 0.15) is 19.8 Å². The van der Waals surface area contributed by atoms with Gasteiger partial charge in [-0.05, 0) is 50.9 Å². The molecule has 1 saturated heterocycles. The standard InChI is InChI=1S/C19H22N6/c1-3-15-14(10-12(2)13-4-7-20-8-5-13)18(25-24-15)19-22-16-6-9-21-11-17(16)23-19/h3,6,9-11,13,20,24H,2,4-5,7-8H2,1H3,(H,22,23)/b14-10+,15-3+. The van der Waals surface area contributed by atoms with E-state index in [1.54, 1.807) is 12.4 Å². The number of aromatic nitrogens is 5. The molecular weight excluding hydrogens is 312 g/mol. The number of H-pyrrole nitrogens is 2. The van der Waals surface area contributed by atoms with Gasteiger partial charge in [-0.1, -0.05) is 18.2 Å². The second-order valence-corrected chi connectivity index (χ2v) is 6.41. The molecule has 0 saturated carbocycles. The predicted octanol–water partition coefficient (Wildman–Crippen LogP) is 1.48. The number of piperidine rings is 1. The van der Waals surface area contributed by atoms with Gasteiger partial charge in [0.1, 0.15) is 5.69 Å². The molecule has 128 valence electrons. The Kier molecular flexibility index (Phi) is 4.19. The molecule has 25 heavy (non-hydrogen) atoms. The number of hydrogen-bond acceptors (Lipinski definition) is 4. The molecular formula is C19H22N6. The highest BCUT2D eigenvalue weighted by molar-refractivity contribution is 5.77. The van der Waals surface area contributed by atoms with Crippen molar-refractivity contribution in [3.63, 3.8) is 0 Å². The molecule has 6 heteroatoms. The van der Waals surface area contributed by atoms with Crippen LogP contribution in [0.15, 0.2) is 30.6 Å². The number of hydrogen-bond donors (Lipinski definition) is 3. The SMILES string of the molecule is C=C(/C=c1/c(-c2nc3ccncc3[nH]2)n[nH]/c1=C/C)C1CCNCC1. The topological polar surface area (TPSA) is 82.3 Å². The van der Waals surface area contributed by atoms with Gasteiger partial charge < -0.3 is 10.3 Å². The third-order valence-corrected chi connectivity index (χ3v) is 4.82. The van der Waals surface area contributed by atoms with Crippen molar-refractivity contribution in [3.8, 4) is 11.5 Å². The number of imidazole rings is 1. The molecule has 0 bridgehead atoms. The van der Waals surface area contributed by atoms with Gasteiger partial charge in [0.05, 0.1) is 22.6 Å². The van der Waals surface area contributed by atoms with Crippen LogP contribution in [0.4, 0.5) is 0 Å². The van der Waals surface area contributed by atoms with Crippen LogP contribution in [-0.4, -0.2) is 38.2 Å². The molecule has 3 aromatic heterocycles. The van der Waals surface area contributed by atoms with E-state index < -0.39 is 0 Å². The lowest BCUT2D eigenvalue weighted by molar-refractivity contribution is 0.428. The summed E-state index contributed by atoms with van der Waals surface area (Å²) in [5.41, 5.74) is 3.77. The highest BCUT2D eigenvalue weighted by atomic mass is 15.1. The van der Waals surface area contributed by atoms with Gasteiger partial charge in [0, 0.05) is 11.4 Å². The van der Waals surface area contributed by atoms with Gasteiger partial charge >= 0.3 is 0 Å². The fraction of sp³-hybridized carbons (Fsp3) is 0.316. The van der Waals surface area contributed by atoms with Gasteiger partial charge in [-0.2, -0.15) is 5.10 Å². The second-order valence-electron chi connectivity index (χ2n) is 6.41. The van der Waals surface area contributed by atoms with E-state index in [2.05, 4.69) is 43.1 Å². The molecule has 3 N–H and O–H groups in total. The minimum atomic E-state index is 0.522. The Labute approximate surface area is 145 Å². The minimum absolute atomic E-state index is 0.522. The summed E-state index contributed by atoms with van der Waals surface area (Å²) in [5, 5.41) is 13.0. The van der Waals surface area contributed by atoms with Crippen molar-refractivity contribution in [3.05, 3.63) is 41.2 Å². The summed E-state index contributed by atoms with van der Waals surface area (Å²) in [7, 11) is 0. The van der Waals surface area contributed by atoms with Gasteiger partial charge in [0.25, 0.3) is 0 Å². The Bertz CT molecular complexity index is 987. The lowest BCUT2D eigenvalue weighted by Crippen LogP contribution is -2.29. The van der Waals surface area contributed by atoms with Gasteiger partial charge in [-0.25, -0.2) is 4.98 Å². The molecule has 0 spiro atoms. The van der Waals surface area contributed by atoms with E-state index in [9.17, 15) is 0 Å². The molecule has 0 amide bonds. The molecule has 0 radical (unpaired) electrons. The van der Waals surface area contributed by atoms with E-state index in [4.69, 9.17) is 0 Å². The van der Waals surface area contributed by atoms with E-state index in [1.165, 1.54) is 0 Å². The largest absolute Gasteiger partial charge is 0.335 e. The highest BCUT2D eigenvalue weighted by Crippen LogP contribution is 2.21. The molecule has 0 aliphatic carbocycles. The zero-order valence-electron chi connectivity index (χ0n) is 14.3. The van der Waals surface area contributed by atoms with Crippen molar-refractivity contribution in [2.45, 2.75) is 19.8 Å². The van der Waals surface area contributed by atoms with Gasteiger partial charge in [-0.15, -0.1) is 0 Å². The summed E-state index contributed by atoms with van der Waals surface area (Å²) in [6, 6.07) is 1.90. The van der Waals surface area contributed by atoms with Crippen molar-refractivity contribution in [1.82, 2.24) is 30.5 Å². The zero-order chi connectivity index (χ0) is 17.2. The second kappa shape index (κ2) is 6.64. The molecule has 1 aliphatic heterocycles. The summed E-state index contributed by atoms with van der Waals surface area (Å²) in [6.07, 6.45) is 9.98. The summed E-state index contributed by atoms with van der Waals surface area (Å²) < 4.78 is 0. The lowest BCUT2D eigenvalue weighted by atomic mass is 9.90. The minimum Gasteiger partial charge on any atom is -0.335 e. The Morgan fingerprint density at radius 3 is 2.92 bits per heavy atom. The number of nitrogens with zero attached hydrogens (tertiary/aromatic N) is 3. The fourth-order valence-electron chi connectivity index (χ4n) is 3.38. The first-order chi connectivity index (χ1) is 12.3. The number of pyridine rings is 1. The van der Waals surface area contributed by atoms with Gasteiger partial charge in [-0.3, -0.25) is 10.1 Å². The molecule has 0 atom stereocenters. The summed E-state index contributed by atoms with van der Waals surface area (Å²) in [5.74, 6) is 1.27. The van der Waals surface area contributed by atoms with Crippen molar-refractivity contribution in [1.29, 1.82) is 0 Å². The monoisotopic (exact) mass is 334 g/mol. The maximum atomic E-state index is 4.66. The van der Waals surface area contributed by atoms with Gasteiger partial charge in [0.15, 0.2) is 5.82 Å². The smallest absolute Gasteiger partial charge is 0.159 e. The molecule has 0 aromatic carbocycles. The Morgan fingerprint density at radius 2 is 2.16 bits per heavy atom. The lowest BCUT2D eigenvalue weighted by Gasteiger charge is -2.22. The van der Waals surface area contributed by atoms with E-state index in [0.29, 0.717) is 5.92 Å². The quantitative estimate of drug-likeness (QED) is 0.678. The van der Waals surface area contributed by atoms with Crippen LogP contribution in [0.25, 0.3) is 34.7 Å². The first-order valence-electron chi connectivity index (χ1n) is 8.68. The van der Waals surface area contributed by atoms with E-state index in [1.807, 2.05) is 19.1 Å². The van der Waals surface area contributed by atoms with Crippen molar-refractivity contribution in [2.75, 3.05) is 13.1 Å². The molecule has 3 aromatic rings.